The first-order valence-electron chi connectivity index (χ1n) is 3.79. The van der Waals surface area contributed by atoms with Crippen LogP contribution in [0.15, 0.2) is 0 Å². The molecule has 1 aromatic heterocycles. The molecule has 1 heterocycles. The van der Waals surface area contributed by atoms with Crippen molar-refractivity contribution in [2.24, 2.45) is 7.05 Å². The Labute approximate surface area is 86.1 Å². The van der Waals surface area contributed by atoms with E-state index >= 15 is 0 Å². The zero-order chi connectivity index (χ0) is 9.46. The maximum atomic E-state index is 11.2. The number of halogens is 1. The predicted molar refractivity (Wildman–Crippen MR) is 57.6 cm³/mol. The molecule has 0 atom stereocenters. The molecule has 0 radical (unpaired) electrons. The van der Waals surface area contributed by atoms with E-state index in [9.17, 15) is 4.79 Å². The summed E-state index contributed by atoms with van der Waals surface area (Å²) in [5.41, 5.74) is 3.15. The second kappa shape index (κ2) is 3.20. The molecule has 0 unspecified atom stereocenters. The normalized spacial score (nSPS) is 10.4. The molecule has 0 aliphatic heterocycles. The Balaban J connectivity index is 3.48. The van der Waals surface area contributed by atoms with Crippen molar-refractivity contribution in [1.82, 2.24) is 4.57 Å². The van der Waals surface area contributed by atoms with E-state index in [4.69, 9.17) is 0 Å². The van der Waals surface area contributed by atoms with Gasteiger partial charge in [-0.2, -0.15) is 0 Å². The minimum Gasteiger partial charge on any atom is -0.343 e. The summed E-state index contributed by atoms with van der Waals surface area (Å²) in [5, 5.41) is 0. The number of aromatic nitrogens is 1. The van der Waals surface area contributed by atoms with Crippen LogP contribution in [0.5, 0.6) is 0 Å². The van der Waals surface area contributed by atoms with Crippen LogP contribution in [0.3, 0.4) is 0 Å². The van der Waals surface area contributed by atoms with Crippen molar-refractivity contribution in [3.8, 4) is 0 Å². The molecule has 3 heteroatoms. The Morgan fingerprint density at radius 2 is 1.92 bits per heavy atom. The molecule has 1 aromatic rings. The van der Waals surface area contributed by atoms with Crippen LogP contribution in [0.1, 0.15) is 28.5 Å². The number of hydrogen-bond donors (Lipinski definition) is 0. The summed E-state index contributed by atoms with van der Waals surface area (Å²) in [5.74, 6) is 0.153. The average Bonchev–Trinajstić information content (AvgIpc) is 2.16. The summed E-state index contributed by atoms with van der Waals surface area (Å²) < 4.78 is 3.09. The summed E-state index contributed by atoms with van der Waals surface area (Å²) in [4.78, 5) is 11.2. The standard InChI is InChI=1S/C9H12INO/c1-5-6(2)11(4)9(10)8(5)7(3)12/h1-4H3. The van der Waals surface area contributed by atoms with E-state index in [0.29, 0.717) is 0 Å². The second-order valence-corrected chi connectivity index (χ2v) is 4.01. The Morgan fingerprint density at radius 1 is 1.42 bits per heavy atom. The van der Waals surface area contributed by atoms with Gasteiger partial charge in [-0.05, 0) is 48.9 Å². The van der Waals surface area contributed by atoms with Crippen LogP contribution in [-0.2, 0) is 7.05 Å². The maximum absolute atomic E-state index is 11.2. The smallest absolute Gasteiger partial charge is 0.162 e. The lowest BCUT2D eigenvalue weighted by Gasteiger charge is -1.96. The molecule has 0 amide bonds. The topological polar surface area (TPSA) is 22.0 Å². The number of hydrogen-bond acceptors (Lipinski definition) is 1. The summed E-state index contributed by atoms with van der Waals surface area (Å²) in [6.45, 7) is 5.64. The van der Waals surface area contributed by atoms with E-state index in [-0.39, 0.29) is 5.78 Å². The highest BCUT2D eigenvalue weighted by Gasteiger charge is 2.15. The van der Waals surface area contributed by atoms with E-state index in [1.54, 1.807) is 6.92 Å². The van der Waals surface area contributed by atoms with Crippen LogP contribution in [0, 0.1) is 17.5 Å². The van der Waals surface area contributed by atoms with Gasteiger partial charge in [0.25, 0.3) is 0 Å². The molecule has 1 rings (SSSR count). The first-order chi connectivity index (χ1) is 5.46. The molecule has 0 spiro atoms. The minimum absolute atomic E-state index is 0.153. The SMILES string of the molecule is CC(=O)c1c(C)c(C)n(C)c1I. The Morgan fingerprint density at radius 3 is 2.08 bits per heavy atom. The largest absolute Gasteiger partial charge is 0.343 e. The van der Waals surface area contributed by atoms with Gasteiger partial charge in [-0.1, -0.05) is 0 Å². The highest BCUT2D eigenvalue weighted by atomic mass is 127. The predicted octanol–water partition coefficient (Wildman–Crippen LogP) is 2.45. The van der Waals surface area contributed by atoms with E-state index in [2.05, 4.69) is 22.6 Å². The van der Waals surface area contributed by atoms with Gasteiger partial charge in [-0.3, -0.25) is 4.79 Å². The van der Waals surface area contributed by atoms with Crippen molar-refractivity contribution < 1.29 is 4.79 Å². The monoisotopic (exact) mass is 277 g/mol. The molecule has 0 saturated heterocycles. The lowest BCUT2D eigenvalue weighted by molar-refractivity contribution is 0.101. The fourth-order valence-electron chi connectivity index (χ4n) is 1.31. The number of rotatable bonds is 1. The van der Waals surface area contributed by atoms with Crippen LogP contribution >= 0.6 is 22.6 Å². The molecule has 0 saturated carbocycles. The summed E-state index contributed by atoms with van der Waals surface area (Å²) in [6, 6.07) is 0. The van der Waals surface area contributed by atoms with Gasteiger partial charge < -0.3 is 4.57 Å². The first kappa shape index (κ1) is 9.77. The molecule has 12 heavy (non-hydrogen) atoms. The summed E-state index contributed by atoms with van der Waals surface area (Å²) in [6.07, 6.45) is 0. The molecule has 0 bridgehead atoms. The van der Waals surface area contributed by atoms with Gasteiger partial charge >= 0.3 is 0 Å². The lowest BCUT2D eigenvalue weighted by Crippen LogP contribution is -1.97. The van der Waals surface area contributed by atoms with Crippen LogP contribution in [0.4, 0.5) is 0 Å². The van der Waals surface area contributed by atoms with Crippen LogP contribution in [0.25, 0.3) is 0 Å². The van der Waals surface area contributed by atoms with E-state index in [1.165, 1.54) is 5.69 Å². The molecule has 0 aliphatic carbocycles. The zero-order valence-corrected chi connectivity index (χ0v) is 9.89. The van der Waals surface area contributed by atoms with Gasteiger partial charge in [0, 0.05) is 12.7 Å². The van der Waals surface area contributed by atoms with Crippen molar-refractivity contribution in [3.63, 3.8) is 0 Å². The lowest BCUT2D eigenvalue weighted by atomic mass is 10.1. The second-order valence-electron chi connectivity index (χ2n) is 2.99. The van der Waals surface area contributed by atoms with Crippen molar-refractivity contribution >= 4 is 28.4 Å². The number of carbonyl (C=O) groups is 1. The van der Waals surface area contributed by atoms with Crippen LogP contribution in [-0.4, -0.2) is 10.4 Å². The number of nitrogens with zero attached hydrogens (tertiary/aromatic N) is 1. The van der Waals surface area contributed by atoms with Gasteiger partial charge in [0.05, 0.1) is 9.26 Å². The van der Waals surface area contributed by atoms with Gasteiger partial charge in [0.2, 0.25) is 0 Å². The number of ketones is 1. The summed E-state index contributed by atoms with van der Waals surface area (Å²) in [7, 11) is 1.98. The van der Waals surface area contributed by atoms with Crippen LogP contribution < -0.4 is 0 Å². The van der Waals surface area contributed by atoms with Crippen molar-refractivity contribution in [2.45, 2.75) is 20.8 Å². The number of carbonyl (C=O) groups excluding carboxylic acids is 1. The Bertz CT molecular complexity index is 313. The molecule has 0 aliphatic rings. The molecule has 0 N–H and O–H groups in total. The summed E-state index contributed by atoms with van der Waals surface area (Å²) >= 11 is 2.21. The fourth-order valence-corrected chi connectivity index (χ4v) is 2.46. The van der Waals surface area contributed by atoms with Crippen molar-refractivity contribution in [3.05, 3.63) is 20.5 Å². The van der Waals surface area contributed by atoms with Crippen LogP contribution in [0.2, 0.25) is 0 Å². The molecular weight excluding hydrogens is 265 g/mol. The number of Topliss-reactive ketones (excluding diaryl/α,β-unsaturated/α-hetero) is 1. The van der Waals surface area contributed by atoms with Gasteiger partial charge in [0.15, 0.2) is 5.78 Å². The van der Waals surface area contributed by atoms with E-state index in [0.717, 1.165) is 14.8 Å². The zero-order valence-electron chi connectivity index (χ0n) is 7.73. The first-order valence-corrected chi connectivity index (χ1v) is 4.87. The Kier molecular flexibility index (Phi) is 2.61. The van der Waals surface area contributed by atoms with E-state index in [1.807, 2.05) is 25.5 Å². The average molecular weight is 277 g/mol. The third-order valence-corrected chi connectivity index (χ3v) is 3.54. The van der Waals surface area contributed by atoms with Crippen molar-refractivity contribution in [2.75, 3.05) is 0 Å². The molecular formula is C9H12INO. The maximum Gasteiger partial charge on any atom is 0.162 e. The molecule has 0 fully saturated rings. The third kappa shape index (κ3) is 1.30. The quantitative estimate of drug-likeness (QED) is 0.571. The van der Waals surface area contributed by atoms with Crippen molar-refractivity contribution in [1.29, 1.82) is 0 Å². The minimum atomic E-state index is 0.153. The highest BCUT2D eigenvalue weighted by Crippen LogP contribution is 2.22. The van der Waals surface area contributed by atoms with Gasteiger partial charge in [-0.25, -0.2) is 0 Å². The fraction of sp³-hybridized carbons (Fsp3) is 0.444. The van der Waals surface area contributed by atoms with Gasteiger partial charge in [0.1, 0.15) is 0 Å². The van der Waals surface area contributed by atoms with Gasteiger partial charge in [-0.15, -0.1) is 0 Å². The highest BCUT2D eigenvalue weighted by molar-refractivity contribution is 14.1. The molecule has 2 nitrogen and oxygen atoms in total. The molecule has 66 valence electrons. The molecule has 0 aromatic carbocycles. The third-order valence-electron chi connectivity index (χ3n) is 2.27. The Hall–Kier alpha value is -0.320. The van der Waals surface area contributed by atoms with E-state index < -0.39 is 0 Å².